The predicted octanol–water partition coefficient (Wildman–Crippen LogP) is 0.152. The van der Waals surface area contributed by atoms with Crippen LogP contribution in [-0.2, 0) is 7.05 Å². The fourth-order valence-electron chi connectivity index (χ4n) is 1.46. The van der Waals surface area contributed by atoms with E-state index in [2.05, 4.69) is 10.2 Å². The van der Waals surface area contributed by atoms with E-state index in [1.807, 2.05) is 31.3 Å². The molecular formula is C9H11N5. The summed E-state index contributed by atoms with van der Waals surface area (Å²) in [5.74, 6) is 5.37. The van der Waals surface area contributed by atoms with E-state index in [0.717, 1.165) is 10.9 Å². The third-order valence-corrected chi connectivity index (χ3v) is 2.14. The third kappa shape index (κ3) is 1.10. The molecule has 0 aliphatic heterocycles. The van der Waals surface area contributed by atoms with Crippen molar-refractivity contribution in [3.05, 3.63) is 30.0 Å². The van der Waals surface area contributed by atoms with Crippen LogP contribution in [0.1, 0.15) is 5.69 Å². The summed E-state index contributed by atoms with van der Waals surface area (Å²) in [6, 6.07) is 7.78. The van der Waals surface area contributed by atoms with Gasteiger partial charge in [0.1, 0.15) is 5.69 Å². The summed E-state index contributed by atoms with van der Waals surface area (Å²) in [7, 11) is 1.86. The fraction of sp³-hybridized carbons (Fsp3) is 0.111. The molecule has 72 valence electrons. The molecule has 0 bridgehead atoms. The van der Waals surface area contributed by atoms with Gasteiger partial charge in [0.05, 0.1) is 5.52 Å². The van der Waals surface area contributed by atoms with Crippen LogP contribution in [0.3, 0.4) is 0 Å². The Balaban J connectivity index is 2.79. The number of aromatic nitrogens is 2. The lowest BCUT2D eigenvalue weighted by Gasteiger charge is -1.92. The maximum absolute atomic E-state index is 5.62. The van der Waals surface area contributed by atoms with E-state index in [4.69, 9.17) is 11.6 Å². The van der Waals surface area contributed by atoms with Crippen molar-refractivity contribution in [1.29, 1.82) is 0 Å². The lowest BCUT2D eigenvalue weighted by Crippen LogP contribution is -2.16. The number of hydrogen-bond acceptors (Lipinski definition) is 3. The second-order valence-electron chi connectivity index (χ2n) is 3.00. The second kappa shape index (κ2) is 3.02. The lowest BCUT2D eigenvalue weighted by molar-refractivity contribution is 0.792. The van der Waals surface area contributed by atoms with Crippen LogP contribution in [0.4, 0.5) is 0 Å². The molecule has 0 aliphatic carbocycles. The van der Waals surface area contributed by atoms with Gasteiger partial charge in [-0.25, -0.2) is 0 Å². The van der Waals surface area contributed by atoms with Crippen LogP contribution in [-0.4, -0.2) is 15.6 Å². The molecule has 1 heterocycles. The van der Waals surface area contributed by atoms with Crippen molar-refractivity contribution in [3.8, 4) is 0 Å². The van der Waals surface area contributed by atoms with Gasteiger partial charge in [-0.15, -0.1) is 0 Å². The maximum atomic E-state index is 5.62. The number of fused-ring (bicyclic) bond motifs is 1. The van der Waals surface area contributed by atoms with Gasteiger partial charge in [0.25, 0.3) is 0 Å². The van der Waals surface area contributed by atoms with E-state index in [-0.39, 0.29) is 5.84 Å². The van der Waals surface area contributed by atoms with Gasteiger partial charge in [-0.2, -0.15) is 10.2 Å². The van der Waals surface area contributed by atoms with Crippen LogP contribution in [0.2, 0.25) is 0 Å². The zero-order valence-corrected chi connectivity index (χ0v) is 7.81. The van der Waals surface area contributed by atoms with Crippen molar-refractivity contribution in [3.63, 3.8) is 0 Å². The first-order chi connectivity index (χ1) is 6.74. The molecule has 0 spiro atoms. The van der Waals surface area contributed by atoms with Crippen molar-refractivity contribution in [2.24, 2.45) is 23.7 Å². The quantitative estimate of drug-likeness (QED) is 0.290. The van der Waals surface area contributed by atoms with Gasteiger partial charge in [0.2, 0.25) is 0 Å². The van der Waals surface area contributed by atoms with Crippen molar-refractivity contribution in [2.45, 2.75) is 0 Å². The Morgan fingerprint density at radius 2 is 2.14 bits per heavy atom. The van der Waals surface area contributed by atoms with Crippen molar-refractivity contribution in [2.75, 3.05) is 0 Å². The molecule has 0 unspecified atom stereocenters. The molecule has 0 radical (unpaired) electrons. The number of hydrogen-bond donors (Lipinski definition) is 2. The Labute approximate surface area is 81.0 Å². The smallest absolute Gasteiger partial charge is 0.171 e. The summed E-state index contributed by atoms with van der Waals surface area (Å²) in [5, 5.41) is 8.64. The number of hydrazone groups is 1. The number of nitrogens with two attached hydrogens (primary N) is 2. The predicted molar refractivity (Wildman–Crippen MR) is 55.6 cm³/mol. The molecule has 0 amide bonds. The number of benzene rings is 1. The lowest BCUT2D eigenvalue weighted by atomic mass is 10.2. The number of nitrogens with zero attached hydrogens (tertiary/aromatic N) is 3. The number of aryl methyl sites for hydroxylation is 1. The molecule has 4 N–H and O–H groups in total. The van der Waals surface area contributed by atoms with E-state index in [1.54, 1.807) is 4.68 Å². The molecule has 1 aromatic carbocycles. The molecule has 14 heavy (non-hydrogen) atoms. The first-order valence-electron chi connectivity index (χ1n) is 4.19. The first kappa shape index (κ1) is 8.55. The minimum Gasteiger partial charge on any atom is -0.380 e. The highest BCUT2D eigenvalue weighted by Crippen LogP contribution is 2.16. The number of rotatable bonds is 1. The van der Waals surface area contributed by atoms with Crippen LogP contribution in [0.25, 0.3) is 10.9 Å². The van der Waals surface area contributed by atoms with Gasteiger partial charge >= 0.3 is 0 Å². The number of para-hydroxylation sites is 1. The van der Waals surface area contributed by atoms with Gasteiger partial charge in [-0.3, -0.25) is 4.68 Å². The van der Waals surface area contributed by atoms with Gasteiger partial charge in [0, 0.05) is 12.4 Å². The largest absolute Gasteiger partial charge is 0.380 e. The van der Waals surface area contributed by atoms with Crippen molar-refractivity contribution in [1.82, 2.24) is 9.78 Å². The highest BCUT2D eigenvalue weighted by atomic mass is 15.3. The van der Waals surface area contributed by atoms with Crippen LogP contribution in [0.5, 0.6) is 0 Å². The maximum Gasteiger partial charge on any atom is 0.171 e. The summed E-state index contributed by atoms with van der Waals surface area (Å²) < 4.78 is 1.75. The molecular weight excluding hydrogens is 178 g/mol. The molecule has 5 heteroatoms. The molecule has 5 nitrogen and oxygen atoms in total. The summed E-state index contributed by atoms with van der Waals surface area (Å²) >= 11 is 0. The highest BCUT2D eigenvalue weighted by molar-refractivity contribution is 6.06. The van der Waals surface area contributed by atoms with E-state index >= 15 is 0 Å². The zero-order chi connectivity index (χ0) is 10.1. The molecule has 0 saturated heterocycles. The summed E-state index contributed by atoms with van der Waals surface area (Å²) in [6.45, 7) is 0. The highest BCUT2D eigenvalue weighted by Gasteiger charge is 2.10. The molecule has 2 rings (SSSR count). The van der Waals surface area contributed by atoms with E-state index in [1.165, 1.54) is 0 Å². The van der Waals surface area contributed by atoms with E-state index in [0.29, 0.717) is 5.69 Å². The van der Waals surface area contributed by atoms with Gasteiger partial charge in [-0.05, 0) is 6.07 Å². The summed E-state index contributed by atoms with van der Waals surface area (Å²) in [5.41, 5.74) is 7.26. The average Bonchev–Trinajstić information content (AvgIpc) is 2.56. The summed E-state index contributed by atoms with van der Waals surface area (Å²) in [6.07, 6.45) is 0. The third-order valence-electron chi connectivity index (χ3n) is 2.14. The summed E-state index contributed by atoms with van der Waals surface area (Å²) in [4.78, 5) is 0. The fourth-order valence-corrected chi connectivity index (χ4v) is 1.46. The minimum atomic E-state index is 0.252. The van der Waals surface area contributed by atoms with Gasteiger partial charge < -0.3 is 11.6 Å². The molecule has 0 saturated carbocycles. The van der Waals surface area contributed by atoms with Crippen LogP contribution >= 0.6 is 0 Å². The minimum absolute atomic E-state index is 0.252. The Hall–Kier alpha value is -2.04. The molecule has 1 aromatic heterocycles. The molecule has 0 atom stereocenters. The van der Waals surface area contributed by atoms with E-state index < -0.39 is 0 Å². The van der Waals surface area contributed by atoms with Crippen molar-refractivity contribution >= 4 is 16.7 Å². The molecule has 0 aliphatic rings. The first-order valence-corrected chi connectivity index (χ1v) is 4.19. The SMILES string of the molecule is Cn1nc(/C(N)=N/N)c2ccccc21. The van der Waals surface area contributed by atoms with E-state index in [9.17, 15) is 0 Å². The monoisotopic (exact) mass is 189 g/mol. The molecule has 0 fully saturated rings. The van der Waals surface area contributed by atoms with Gasteiger partial charge in [-0.1, -0.05) is 18.2 Å². The Morgan fingerprint density at radius 3 is 2.86 bits per heavy atom. The number of amidine groups is 1. The molecule has 2 aromatic rings. The topological polar surface area (TPSA) is 82.2 Å². The normalized spacial score (nSPS) is 12.2. The second-order valence-corrected chi connectivity index (χ2v) is 3.00. The average molecular weight is 189 g/mol. The van der Waals surface area contributed by atoms with Crippen molar-refractivity contribution < 1.29 is 0 Å². The Morgan fingerprint density at radius 1 is 1.43 bits per heavy atom. The van der Waals surface area contributed by atoms with Gasteiger partial charge in [0.15, 0.2) is 5.84 Å². The Kier molecular flexibility index (Phi) is 1.85. The zero-order valence-electron chi connectivity index (χ0n) is 7.81. The van der Waals surface area contributed by atoms with Crippen LogP contribution in [0, 0.1) is 0 Å². The standard InChI is InChI=1S/C9H11N5/c1-14-7-5-3-2-4-6(7)8(13-14)9(10)12-11/h2-5H,11H2,1H3,(H2,10,12). The van der Waals surface area contributed by atoms with Crippen LogP contribution < -0.4 is 11.6 Å². The Bertz CT molecular complexity index is 497. The van der Waals surface area contributed by atoms with Crippen LogP contribution in [0.15, 0.2) is 29.4 Å².